The number of nitrogens with two attached hydrogens (primary N) is 2. The van der Waals surface area contributed by atoms with Gasteiger partial charge in [0, 0.05) is 13.1 Å². The number of primary amides is 1. The van der Waals surface area contributed by atoms with Gasteiger partial charge in [0.15, 0.2) is 0 Å². The van der Waals surface area contributed by atoms with E-state index in [1.54, 1.807) is 13.0 Å². The molecule has 1 aliphatic heterocycles. The van der Waals surface area contributed by atoms with Gasteiger partial charge in [0.1, 0.15) is 5.82 Å². The zero-order chi connectivity index (χ0) is 17.7. The van der Waals surface area contributed by atoms with Gasteiger partial charge in [-0.2, -0.15) is 0 Å². The molecule has 132 valence electrons. The van der Waals surface area contributed by atoms with Gasteiger partial charge in [-0.25, -0.2) is 14.2 Å². The number of urea groups is 1. The van der Waals surface area contributed by atoms with Gasteiger partial charge in [-0.15, -0.1) is 0 Å². The predicted octanol–water partition coefficient (Wildman–Crippen LogP) is 1.28. The molecule has 24 heavy (non-hydrogen) atoms. The molecular formula is C16H23FN4O3. The molecule has 2 rings (SSSR count). The van der Waals surface area contributed by atoms with Crippen molar-refractivity contribution in [3.05, 3.63) is 35.1 Å². The molecule has 3 amide bonds. The number of carbonyl (C=O) groups excluding carboxylic acids is 2. The first-order valence-corrected chi connectivity index (χ1v) is 7.92. The SMILES string of the molecule is CCON(C=O)C1CCN(C(N)=O)C(c2ccc(F)cc2CN)C1. The number of piperidine rings is 1. The molecule has 2 unspecified atom stereocenters. The lowest BCUT2D eigenvalue weighted by Crippen LogP contribution is -2.49. The van der Waals surface area contributed by atoms with Crippen molar-refractivity contribution in [3.63, 3.8) is 0 Å². The number of hydrogen-bond acceptors (Lipinski definition) is 4. The summed E-state index contributed by atoms with van der Waals surface area (Å²) in [5, 5.41) is 1.27. The third-order valence-electron chi connectivity index (χ3n) is 4.28. The molecule has 0 bridgehead atoms. The average molecular weight is 338 g/mol. The summed E-state index contributed by atoms with van der Waals surface area (Å²) in [6.45, 7) is 2.68. The van der Waals surface area contributed by atoms with E-state index in [2.05, 4.69) is 0 Å². The third kappa shape index (κ3) is 3.82. The van der Waals surface area contributed by atoms with Crippen molar-refractivity contribution in [2.45, 2.75) is 38.4 Å². The second-order valence-electron chi connectivity index (χ2n) is 5.66. The Morgan fingerprint density at radius 3 is 2.88 bits per heavy atom. The molecule has 0 spiro atoms. The Balaban J connectivity index is 2.34. The molecule has 2 atom stereocenters. The van der Waals surface area contributed by atoms with Gasteiger partial charge in [0.2, 0.25) is 6.41 Å². The summed E-state index contributed by atoms with van der Waals surface area (Å²) in [6, 6.07) is 3.17. The quantitative estimate of drug-likeness (QED) is 0.602. The Bertz CT molecular complexity index is 599. The van der Waals surface area contributed by atoms with Crippen molar-refractivity contribution in [2.75, 3.05) is 13.2 Å². The van der Waals surface area contributed by atoms with Crippen LogP contribution in [0.4, 0.5) is 9.18 Å². The van der Waals surface area contributed by atoms with Gasteiger partial charge < -0.3 is 16.4 Å². The molecule has 1 heterocycles. The zero-order valence-electron chi connectivity index (χ0n) is 13.7. The highest BCUT2D eigenvalue weighted by Crippen LogP contribution is 2.34. The van der Waals surface area contributed by atoms with E-state index in [9.17, 15) is 14.0 Å². The number of nitrogens with zero attached hydrogens (tertiary/aromatic N) is 2. The summed E-state index contributed by atoms with van der Waals surface area (Å²) >= 11 is 0. The van der Waals surface area contributed by atoms with Crippen LogP contribution in [0.5, 0.6) is 0 Å². The van der Waals surface area contributed by atoms with Crippen molar-refractivity contribution < 1.29 is 18.8 Å². The molecule has 1 fully saturated rings. The van der Waals surface area contributed by atoms with Gasteiger partial charge in [0.05, 0.1) is 18.7 Å². The van der Waals surface area contributed by atoms with E-state index >= 15 is 0 Å². The van der Waals surface area contributed by atoms with Gasteiger partial charge in [0.25, 0.3) is 0 Å². The molecule has 0 aromatic heterocycles. The number of carbonyl (C=O) groups is 2. The average Bonchev–Trinajstić information content (AvgIpc) is 2.58. The minimum Gasteiger partial charge on any atom is -0.351 e. The summed E-state index contributed by atoms with van der Waals surface area (Å²) in [7, 11) is 0. The van der Waals surface area contributed by atoms with Crippen molar-refractivity contribution in [1.29, 1.82) is 0 Å². The van der Waals surface area contributed by atoms with Crippen LogP contribution in [0.15, 0.2) is 18.2 Å². The van der Waals surface area contributed by atoms with Crippen LogP contribution < -0.4 is 11.5 Å². The van der Waals surface area contributed by atoms with Gasteiger partial charge in [-0.05, 0) is 43.0 Å². The van der Waals surface area contributed by atoms with Crippen LogP contribution >= 0.6 is 0 Å². The van der Waals surface area contributed by atoms with Crippen LogP contribution in [-0.2, 0) is 16.2 Å². The fourth-order valence-corrected chi connectivity index (χ4v) is 3.18. The zero-order valence-corrected chi connectivity index (χ0v) is 13.7. The summed E-state index contributed by atoms with van der Waals surface area (Å²) in [6.07, 6.45) is 1.64. The van der Waals surface area contributed by atoms with E-state index in [0.717, 1.165) is 5.56 Å². The monoisotopic (exact) mass is 338 g/mol. The Hall–Kier alpha value is -2.19. The first-order chi connectivity index (χ1) is 11.5. The molecule has 1 aromatic carbocycles. The van der Waals surface area contributed by atoms with Crippen LogP contribution in [0, 0.1) is 5.82 Å². The van der Waals surface area contributed by atoms with Crippen molar-refractivity contribution in [1.82, 2.24) is 9.96 Å². The number of rotatable bonds is 6. The predicted molar refractivity (Wildman–Crippen MR) is 85.9 cm³/mol. The van der Waals surface area contributed by atoms with Crippen LogP contribution in [0.2, 0.25) is 0 Å². The number of likely N-dealkylation sites (tertiary alicyclic amines) is 1. The topological polar surface area (TPSA) is 102 Å². The minimum absolute atomic E-state index is 0.143. The molecule has 1 saturated heterocycles. The third-order valence-corrected chi connectivity index (χ3v) is 4.28. The first kappa shape index (κ1) is 18.2. The highest BCUT2D eigenvalue weighted by atomic mass is 19.1. The summed E-state index contributed by atoms with van der Waals surface area (Å²) < 4.78 is 13.5. The van der Waals surface area contributed by atoms with Crippen LogP contribution in [0.25, 0.3) is 0 Å². The smallest absolute Gasteiger partial charge is 0.315 e. The number of benzene rings is 1. The van der Waals surface area contributed by atoms with Gasteiger partial charge in [-0.3, -0.25) is 9.63 Å². The van der Waals surface area contributed by atoms with E-state index in [0.29, 0.717) is 38.0 Å². The summed E-state index contributed by atoms with van der Waals surface area (Å²) in [4.78, 5) is 29.9. The van der Waals surface area contributed by atoms with Crippen LogP contribution in [-0.4, -0.2) is 41.6 Å². The molecule has 0 radical (unpaired) electrons. The van der Waals surface area contributed by atoms with Crippen molar-refractivity contribution in [2.24, 2.45) is 11.5 Å². The van der Waals surface area contributed by atoms with Crippen molar-refractivity contribution >= 4 is 12.4 Å². The largest absolute Gasteiger partial charge is 0.351 e. The molecule has 4 N–H and O–H groups in total. The maximum Gasteiger partial charge on any atom is 0.315 e. The Kier molecular flexibility index (Phi) is 6.10. The Labute approximate surface area is 140 Å². The Morgan fingerprint density at radius 2 is 2.29 bits per heavy atom. The lowest BCUT2D eigenvalue weighted by atomic mass is 9.89. The van der Waals surface area contributed by atoms with E-state index in [4.69, 9.17) is 16.3 Å². The fraction of sp³-hybridized carbons (Fsp3) is 0.500. The second kappa shape index (κ2) is 8.07. The van der Waals surface area contributed by atoms with Gasteiger partial charge in [-0.1, -0.05) is 6.07 Å². The molecule has 1 aliphatic rings. The molecule has 7 nitrogen and oxygen atoms in total. The van der Waals surface area contributed by atoms with Crippen LogP contribution in [0.1, 0.15) is 36.9 Å². The molecule has 0 aliphatic carbocycles. The summed E-state index contributed by atoms with van der Waals surface area (Å²) in [5.74, 6) is -0.388. The maximum absolute atomic E-state index is 13.5. The fourth-order valence-electron chi connectivity index (χ4n) is 3.18. The van der Waals surface area contributed by atoms with E-state index in [1.165, 1.54) is 22.1 Å². The summed E-state index contributed by atoms with van der Waals surface area (Å²) in [5.41, 5.74) is 12.6. The molecule has 0 saturated carbocycles. The highest BCUT2D eigenvalue weighted by Gasteiger charge is 2.35. The second-order valence-corrected chi connectivity index (χ2v) is 5.66. The van der Waals surface area contributed by atoms with Crippen molar-refractivity contribution in [3.8, 4) is 0 Å². The number of hydrogen-bond donors (Lipinski definition) is 2. The van der Waals surface area contributed by atoms with E-state index in [1.807, 2.05) is 0 Å². The lowest BCUT2D eigenvalue weighted by Gasteiger charge is -2.41. The molecule has 8 heteroatoms. The van der Waals surface area contributed by atoms with Gasteiger partial charge >= 0.3 is 6.03 Å². The van der Waals surface area contributed by atoms with E-state index in [-0.39, 0.29) is 24.4 Å². The number of halogens is 1. The number of amides is 3. The maximum atomic E-state index is 13.5. The van der Waals surface area contributed by atoms with E-state index < -0.39 is 6.03 Å². The Morgan fingerprint density at radius 1 is 1.54 bits per heavy atom. The molecule has 1 aromatic rings. The normalized spacial score (nSPS) is 20.7. The van der Waals surface area contributed by atoms with Crippen LogP contribution in [0.3, 0.4) is 0 Å². The number of hydroxylamine groups is 2. The highest BCUT2D eigenvalue weighted by molar-refractivity contribution is 5.73. The molecular weight excluding hydrogens is 315 g/mol. The standard InChI is InChI=1S/C16H23FN4O3/c1-2-24-21(10-22)13-5-6-20(16(19)23)15(8-13)14-4-3-12(17)7-11(14)9-18/h3-4,7,10,13,15H,2,5-6,8-9,18H2,1H3,(H2,19,23). The first-order valence-electron chi connectivity index (χ1n) is 7.92. The minimum atomic E-state index is -0.556. The lowest BCUT2D eigenvalue weighted by molar-refractivity contribution is -0.190.